The fourth-order valence-corrected chi connectivity index (χ4v) is 5.53. The molecule has 1 N–H and O–H groups in total. The first-order chi connectivity index (χ1) is 11.5. The Labute approximate surface area is 150 Å². The highest BCUT2D eigenvalue weighted by Crippen LogP contribution is 2.32. The molecule has 0 fully saturated rings. The van der Waals surface area contributed by atoms with Crippen molar-refractivity contribution in [3.63, 3.8) is 0 Å². The van der Waals surface area contributed by atoms with Gasteiger partial charge in [0.05, 0.1) is 11.4 Å². The van der Waals surface area contributed by atoms with Gasteiger partial charge in [0.2, 0.25) is 0 Å². The molecule has 24 heavy (non-hydrogen) atoms. The third-order valence-electron chi connectivity index (χ3n) is 3.64. The Morgan fingerprint density at radius 3 is 2.58 bits per heavy atom. The Morgan fingerprint density at radius 2 is 1.88 bits per heavy atom. The number of sulfonamides is 1. The van der Waals surface area contributed by atoms with Crippen LogP contribution < -0.4 is 4.72 Å². The van der Waals surface area contributed by atoms with E-state index < -0.39 is 10.0 Å². The second kappa shape index (κ2) is 7.04. The van der Waals surface area contributed by atoms with Crippen LogP contribution >= 0.6 is 22.7 Å². The molecule has 4 nitrogen and oxygen atoms in total. The van der Waals surface area contributed by atoms with E-state index in [0.717, 1.165) is 34.7 Å². The van der Waals surface area contributed by atoms with Gasteiger partial charge in [0, 0.05) is 16.3 Å². The lowest BCUT2D eigenvalue weighted by Crippen LogP contribution is -2.12. The molecule has 3 aromatic rings. The number of nitrogens with zero attached hydrogens (tertiary/aromatic N) is 1. The molecule has 0 aliphatic rings. The fraction of sp³-hybridized carbons (Fsp3) is 0.235. The van der Waals surface area contributed by atoms with Crippen molar-refractivity contribution in [2.75, 3.05) is 4.72 Å². The van der Waals surface area contributed by atoms with Gasteiger partial charge in [0.15, 0.2) is 0 Å². The summed E-state index contributed by atoms with van der Waals surface area (Å²) in [7, 11) is -3.59. The highest BCUT2D eigenvalue weighted by Gasteiger charge is 2.19. The van der Waals surface area contributed by atoms with E-state index in [9.17, 15) is 8.42 Å². The maximum Gasteiger partial charge on any atom is 0.271 e. The summed E-state index contributed by atoms with van der Waals surface area (Å²) >= 11 is 2.76. The van der Waals surface area contributed by atoms with Crippen LogP contribution in [0.15, 0.2) is 45.3 Å². The molecule has 2 heterocycles. The maximum absolute atomic E-state index is 12.7. The Morgan fingerprint density at radius 1 is 1.08 bits per heavy atom. The first kappa shape index (κ1) is 17.1. The summed E-state index contributed by atoms with van der Waals surface area (Å²) in [5.74, 6) is 0. The number of hydrogen-bond donors (Lipinski definition) is 1. The number of benzene rings is 1. The van der Waals surface area contributed by atoms with E-state index in [1.165, 1.54) is 11.3 Å². The summed E-state index contributed by atoms with van der Waals surface area (Å²) in [5, 5.41) is 4.72. The van der Waals surface area contributed by atoms with E-state index >= 15 is 0 Å². The highest BCUT2D eigenvalue weighted by molar-refractivity contribution is 7.94. The normalized spacial score (nSPS) is 11.6. The number of aryl methyl sites for hydroxylation is 2. The van der Waals surface area contributed by atoms with Gasteiger partial charge in [-0.3, -0.25) is 4.72 Å². The molecule has 0 radical (unpaired) electrons. The minimum absolute atomic E-state index is 0.302. The molecule has 0 saturated heterocycles. The van der Waals surface area contributed by atoms with Crippen molar-refractivity contribution in [2.45, 2.75) is 30.9 Å². The van der Waals surface area contributed by atoms with Gasteiger partial charge in [0.1, 0.15) is 9.22 Å². The largest absolute Gasteiger partial charge is 0.279 e. The van der Waals surface area contributed by atoms with Crippen molar-refractivity contribution in [3.05, 3.63) is 52.3 Å². The number of anilines is 1. The summed E-state index contributed by atoms with van der Waals surface area (Å²) in [6.07, 6.45) is 1.65. The van der Waals surface area contributed by atoms with Crippen LogP contribution in [0.2, 0.25) is 0 Å². The van der Waals surface area contributed by atoms with Crippen molar-refractivity contribution in [1.82, 2.24) is 4.98 Å². The summed E-state index contributed by atoms with van der Waals surface area (Å²) in [5.41, 5.74) is 3.50. The molecular formula is C17H18N2O2S3. The zero-order valence-corrected chi connectivity index (χ0v) is 15.9. The Bertz CT molecular complexity index is 942. The van der Waals surface area contributed by atoms with Crippen LogP contribution in [0.1, 0.15) is 25.1 Å². The van der Waals surface area contributed by atoms with E-state index in [1.807, 2.05) is 35.9 Å². The monoisotopic (exact) mass is 378 g/mol. The van der Waals surface area contributed by atoms with Crippen LogP contribution in [0.3, 0.4) is 0 Å². The average Bonchev–Trinajstić information content (AvgIpc) is 3.24. The van der Waals surface area contributed by atoms with Crippen LogP contribution in [0, 0.1) is 0 Å². The summed E-state index contributed by atoms with van der Waals surface area (Å²) in [4.78, 5) is 4.52. The van der Waals surface area contributed by atoms with Crippen molar-refractivity contribution in [1.29, 1.82) is 0 Å². The second-order valence-electron chi connectivity index (χ2n) is 5.27. The van der Waals surface area contributed by atoms with Gasteiger partial charge >= 0.3 is 0 Å². The summed E-state index contributed by atoms with van der Waals surface area (Å²) in [6, 6.07) is 9.16. The van der Waals surface area contributed by atoms with Crippen molar-refractivity contribution >= 4 is 38.4 Å². The van der Waals surface area contributed by atoms with Gasteiger partial charge in [0.25, 0.3) is 10.0 Å². The number of thiazole rings is 1. The summed E-state index contributed by atoms with van der Waals surface area (Å²) in [6.45, 7) is 4.06. The van der Waals surface area contributed by atoms with Crippen LogP contribution in [0.5, 0.6) is 0 Å². The molecule has 7 heteroatoms. The number of aromatic nitrogens is 1. The van der Waals surface area contributed by atoms with E-state index in [-0.39, 0.29) is 0 Å². The number of hydrogen-bond acceptors (Lipinski definition) is 5. The SMILES string of the molecule is CCc1csc(-c2csc(S(=O)(=O)Nc3ccccc3CC)c2)n1. The predicted octanol–water partition coefficient (Wildman–Crippen LogP) is 4.80. The molecule has 0 saturated carbocycles. The van der Waals surface area contributed by atoms with E-state index in [2.05, 4.69) is 16.6 Å². The highest BCUT2D eigenvalue weighted by atomic mass is 32.2. The minimum atomic E-state index is -3.59. The fourth-order valence-electron chi connectivity index (χ4n) is 2.29. The van der Waals surface area contributed by atoms with Gasteiger partial charge < -0.3 is 0 Å². The standard InChI is InChI=1S/C17H18N2O2S3/c1-3-12-7-5-6-8-15(12)19-24(20,21)16-9-13(10-22-16)17-18-14(4-2)11-23-17/h5-11,19H,3-4H2,1-2H3. The zero-order valence-electron chi connectivity index (χ0n) is 13.4. The van der Waals surface area contributed by atoms with Gasteiger partial charge in [-0.05, 0) is 30.5 Å². The molecule has 0 atom stereocenters. The van der Waals surface area contributed by atoms with Crippen molar-refractivity contribution in [2.24, 2.45) is 0 Å². The number of para-hydroxylation sites is 1. The molecule has 2 aromatic heterocycles. The zero-order chi connectivity index (χ0) is 17.2. The van der Waals surface area contributed by atoms with E-state index in [0.29, 0.717) is 9.90 Å². The molecule has 3 rings (SSSR count). The van der Waals surface area contributed by atoms with E-state index in [4.69, 9.17) is 0 Å². The number of nitrogens with one attached hydrogen (secondary N) is 1. The summed E-state index contributed by atoms with van der Waals surface area (Å²) < 4.78 is 28.3. The molecule has 126 valence electrons. The molecule has 0 spiro atoms. The van der Waals surface area contributed by atoms with Gasteiger partial charge in [-0.15, -0.1) is 22.7 Å². The maximum atomic E-state index is 12.7. The Balaban J connectivity index is 1.88. The molecule has 0 unspecified atom stereocenters. The molecule has 0 aliphatic carbocycles. The third-order valence-corrected chi connectivity index (χ3v) is 7.39. The Kier molecular flexibility index (Phi) is 5.03. The lowest BCUT2D eigenvalue weighted by atomic mass is 10.1. The number of thiophene rings is 1. The molecule has 1 aromatic carbocycles. The quantitative estimate of drug-likeness (QED) is 0.670. The second-order valence-corrected chi connectivity index (χ2v) is 8.95. The first-order valence-electron chi connectivity index (χ1n) is 7.67. The first-order valence-corrected chi connectivity index (χ1v) is 10.9. The van der Waals surface area contributed by atoms with E-state index in [1.54, 1.807) is 23.5 Å². The topological polar surface area (TPSA) is 59.1 Å². The smallest absolute Gasteiger partial charge is 0.271 e. The third kappa shape index (κ3) is 3.53. The Hall–Kier alpha value is -1.70. The molecule has 0 bridgehead atoms. The van der Waals surface area contributed by atoms with Crippen LogP contribution in [-0.4, -0.2) is 13.4 Å². The lowest BCUT2D eigenvalue weighted by molar-refractivity contribution is 0.603. The van der Waals surface area contributed by atoms with Gasteiger partial charge in [-0.25, -0.2) is 13.4 Å². The lowest BCUT2D eigenvalue weighted by Gasteiger charge is -2.10. The predicted molar refractivity (Wildman–Crippen MR) is 101 cm³/mol. The van der Waals surface area contributed by atoms with Crippen molar-refractivity contribution < 1.29 is 8.42 Å². The molecule has 0 aliphatic heterocycles. The van der Waals surface area contributed by atoms with Crippen LogP contribution in [0.4, 0.5) is 5.69 Å². The van der Waals surface area contributed by atoms with Crippen LogP contribution in [0.25, 0.3) is 10.6 Å². The van der Waals surface area contributed by atoms with Crippen molar-refractivity contribution in [3.8, 4) is 10.6 Å². The van der Waals surface area contributed by atoms with Gasteiger partial charge in [-0.2, -0.15) is 0 Å². The molecule has 0 amide bonds. The van der Waals surface area contributed by atoms with Gasteiger partial charge in [-0.1, -0.05) is 32.0 Å². The average molecular weight is 379 g/mol. The molecular weight excluding hydrogens is 360 g/mol. The van der Waals surface area contributed by atoms with Crippen LogP contribution in [-0.2, 0) is 22.9 Å². The minimum Gasteiger partial charge on any atom is -0.279 e. The number of rotatable bonds is 6.